The molecule has 0 spiro atoms. The fourth-order valence-electron chi connectivity index (χ4n) is 3.75. The van der Waals surface area contributed by atoms with E-state index in [2.05, 4.69) is 9.37 Å². The molecule has 2 aromatic rings. The monoisotopic (exact) mass is 506 g/mol. The van der Waals surface area contributed by atoms with E-state index in [4.69, 9.17) is 5.26 Å². The van der Waals surface area contributed by atoms with Crippen LogP contribution < -0.4 is 9.80 Å². The molecule has 2 aliphatic heterocycles. The standard InChI is InChI=1S/C20H14N2O10S2/c23-15(9-33-32-31-27)21-13-7-3-1-5-11(13)19(25)17(21)18-20(26)12-6-2-4-8-14(12)22(18)16(24)10-34(28,29)30/h1-8,27H,9-10H2,(H,28,29,30)/b18-17+. The molecule has 2 amide bonds. The van der Waals surface area contributed by atoms with Gasteiger partial charge in [-0.15, -0.1) is 4.33 Å². The van der Waals surface area contributed by atoms with Crippen molar-refractivity contribution in [1.82, 2.24) is 0 Å². The maximum Gasteiger partial charge on any atom is 0.274 e. The third kappa shape index (κ3) is 4.13. The van der Waals surface area contributed by atoms with Crippen LogP contribution in [0.5, 0.6) is 0 Å². The van der Waals surface area contributed by atoms with Gasteiger partial charge >= 0.3 is 0 Å². The van der Waals surface area contributed by atoms with E-state index in [-0.39, 0.29) is 22.5 Å². The normalized spacial score (nSPS) is 17.2. The van der Waals surface area contributed by atoms with Gasteiger partial charge in [0.1, 0.15) is 17.1 Å². The maximum absolute atomic E-state index is 13.4. The van der Waals surface area contributed by atoms with Crippen LogP contribution in [0.1, 0.15) is 20.7 Å². The molecule has 2 aliphatic rings. The Morgan fingerprint density at radius 2 is 1.32 bits per heavy atom. The lowest BCUT2D eigenvalue weighted by atomic mass is 10.1. The summed E-state index contributed by atoms with van der Waals surface area (Å²) in [5.74, 6) is -5.36. The summed E-state index contributed by atoms with van der Waals surface area (Å²) in [5.41, 5.74) is -0.831. The Labute approximate surface area is 196 Å². The lowest BCUT2D eigenvalue weighted by Crippen LogP contribution is -2.39. The van der Waals surface area contributed by atoms with Crippen LogP contribution in [-0.2, 0) is 29.1 Å². The molecule has 0 aliphatic carbocycles. The first-order chi connectivity index (χ1) is 16.2. The topological polar surface area (TPSA) is 168 Å². The van der Waals surface area contributed by atoms with Gasteiger partial charge in [0.25, 0.3) is 10.1 Å². The van der Waals surface area contributed by atoms with Crippen LogP contribution in [0.4, 0.5) is 11.4 Å². The molecule has 0 fully saturated rings. The highest BCUT2D eigenvalue weighted by Gasteiger charge is 2.46. The molecule has 0 atom stereocenters. The highest BCUT2D eigenvalue weighted by atomic mass is 32.2. The zero-order chi connectivity index (χ0) is 24.6. The van der Waals surface area contributed by atoms with Gasteiger partial charge in [-0.25, -0.2) is 5.26 Å². The molecule has 34 heavy (non-hydrogen) atoms. The summed E-state index contributed by atoms with van der Waals surface area (Å²) in [6, 6.07) is 11.7. The number of hydrogen-bond acceptors (Lipinski definition) is 10. The van der Waals surface area contributed by atoms with Gasteiger partial charge in [0, 0.05) is 23.2 Å². The molecule has 0 saturated carbocycles. The van der Waals surface area contributed by atoms with E-state index in [1.165, 1.54) is 42.5 Å². The van der Waals surface area contributed by atoms with Crippen LogP contribution in [-0.4, -0.2) is 53.1 Å². The van der Waals surface area contributed by atoms with Crippen molar-refractivity contribution in [2.75, 3.05) is 21.3 Å². The molecular formula is C20H14N2O10S2. The Morgan fingerprint density at radius 3 is 1.79 bits per heavy atom. The number of rotatable bonds is 6. The lowest BCUT2D eigenvalue weighted by molar-refractivity contribution is -0.432. The van der Waals surface area contributed by atoms with E-state index in [0.29, 0.717) is 16.9 Å². The molecule has 14 heteroatoms. The van der Waals surface area contributed by atoms with Gasteiger partial charge in [-0.05, 0) is 24.3 Å². The molecule has 2 N–H and O–H groups in total. The number of hydrogen-bond donors (Lipinski definition) is 2. The highest BCUT2D eigenvalue weighted by Crippen LogP contribution is 2.42. The van der Waals surface area contributed by atoms with Crippen molar-refractivity contribution in [2.24, 2.45) is 0 Å². The SMILES string of the molecule is O=C1/C(=C2/C(=O)c3ccccc3N2C(=O)CS(=O)(=O)O)N(C(=O)CSOOO)c2ccccc21. The molecule has 0 unspecified atom stereocenters. The summed E-state index contributed by atoms with van der Waals surface area (Å²) >= 11 is 0.397. The van der Waals surface area contributed by atoms with Crippen molar-refractivity contribution in [1.29, 1.82) is 0 Å². The number of fused-ring (bicyclic) bond motifs is 2. The quantitative estimate of drug-likeness (QED) is 0.146. The van der Waals surface area contributed by atoms with Crippen LogP contribution in [0.15, 0.2) is 59.9 Å². The molecular weight excluding hydrogens is 492 g/mol. The number of amides is 2. The average molecular weight is 506 g/mol. The van der Waals surface area contributed by atoms with E-state index in [0.717, 1.165) is 4.90 Å². The van der Waals surface area contributed by atoms with Crippen LogP contribution in [0, 0.1) is 0 Å². The van der Waals surface area contributed by atoms with Crippen molar-refractivity contribution in [2.45, 2.75) is 0 Å². The summed E-state index contributed by atoms with van der Waals surface area (Å²) in [7, 11) is -4.79. The summed E-state index contributed by atoms with van der Waals surface area (Å²) in [6.45, 7) is 0. The number of ketones is 2. The first kappa shape index (κ1) is 23.7. The van der Waals surface area contributed by atoms with E-state index in [1.54, 1.807) is 6.07 Å². The second-order valence-electron chi connectivity index (χ2n) is 6.98. The Balaban J connectivity index is 1.93. The van der Waals surface area contributed by atoms with Crippen molar-refractivity contribution in [3.05, 3.63) is 71.1 Å². The number of carbonyl (C=O) groups is 4. The van der Waals surface area contributed by atoms with Gasteiger partial charge in [0.2, 0.25) is 23.4 Å². The number of Topliss-reactive ketones (excluding diaryl/α,β-unsaturated/α-hetero) is 2. The number of nitrogens with zero attached hydrogens (tertiary/aromatic N) is 2. The first-order valence-electron chi connectivity index (χ1n) is 9.38. The van der Waals surface area contributed by atoms with Crippen molar-refractivity contribution in [3.8, 4) is 0 Å². The number of allylic oxidation sites excluding steroid dienone is 2. The number of para-hydroxylation sites is 2. The number of carbonyl (C=O) groups excluding carboxylic acids is 4. The number of benzene rings is 2. The summed E-state index contributed by atoms with van der Waals surface area (Å²) in [6.07, 6.45) is 0. The Bertz CT molecular complexity index is 1370. The summed E-state index contributed by atoms with van der Waals surface area (Å²) in [4.78, 5) is 54.3. The molecule has 12 nitrogen and oxygen atoms in total. The van der Waals surface area contributed by atoms with Crippen molar-refractivity contribution >= 4 is 56.9 Å². The maximum atomic E-state index is 13.4. The molecule has 4 rings (SSSR count). The second kappa shape index (κ2) is 9.09. The van der Waals surface area contributed by atoms with Crippen LogP contribution in [0.2, 0.25) is 0 Å². The van der Waals surface area contributed by atoms with Gasteiger partial charge in [-0.1, -0.05) is 29.3 Å². The van der Waals surface area contributed by atoms with E-state index in [9.17, 15) is 32.1 Å². The van der Waals surface area contributed by atoms with Gasteiger partial charge in [-0.2, -0.15) is 8.42 Å². The van der Waals surface area contributed by atoms with Crippen molar-refractivity contribution < 1.29 is 46.8 Å². The fourth-order valence-corrected chi connectivity index (χ4v) is 4.51. The molecule has 2 heterocycles. The van der Waals surface area contributed by atoms with E-state index >= 15 is 0 Å². The van der Waals surface area contributed by atoms with Gasteiger partial charge < -0.3 is 0 Å². The smallest absolute Gasteiger partial charge is 0.274 e. The fraction of sp³-hybridized carbons (Fsp3) is 0.100. The predicted molar refractivity (Wildman–Crippen MR) is 117 cm³/mol. The zero-order valence-corrected chi connectivity index (χ0v) is 18.5. The van der Waals surface area contributed by atoms with Crippen molar-refractivity contribution in [3.63, 3.8) is 0 Å². The zero-order valence-electron chi connectivity index (χ0n) is 16.9. The molecule has 0 saturated heterocycles. The summed E-state index contributed by atoms with van der Waals surface area (Å²) in [5, 5.41) is 11.8. The van der Waals surface area contributed by atoms with Crippen LogP contribution >= 0.6 is 12.0 Å². The molecule has 0 aromatic heterocycles. The molecule has 0 bridgehead atoms. The van der Waals surface area contributed by atoms with E-state index < -0.39 is 56.4 Å². The Morgan fingerprint density at radius 1 is 0.853 bits per heavy atom. The Kier molecular flexibility index (Phi) is 6.35. The average Bonchev–Trinajstić information content (AvgIpc) is 3.24. The third-order valence-electron chi connectivity index (χ3n) is 4.95. The van der Waals surface area contributed by atoms with Gasteiger partial charge in [0.15, 0.2) is 5.75 Å². The molecule has 0 radical (unpaired) electrons. The predicted octanol–water partition coefficient (Wildman–Crippen LogP) is 1.61. The molecule has 176 valence electrons. The third-order valence-corrected chi connectivity index (χ3v) is 6.08. The second-order valence-corrected chi connectivity index (χ2v) is 9.09. The number of anilines is 2. The van der Waals surface area contributed by atoms with Gasteiger partial charge in [0.05, 0.1) is 11.4 Å². The van der Waals surface area contributed by atoms with Crippen LogP contribution in [0.25, 0.3) is 0 Å². The van der Waals surface area contributed by atoms with Crippen LogP contribution in [0.3, 0.4) is 0 Å². The molecule has 2 aromatic carbocycles. The lowest BCUT2D eigenvalue weighted by Gasteiger charge is -2.23. The minimum Gasteiger partial charge on any atom is -0.287 e. The van der Waals surface area contributed by atoms with Gasteiger partial charge in [-0.3, -0.25) is 33.5 Å². The first-order valence-corrected chi connectivity index (χ1v) is 11.9. The minimum atomic E-state index is -4.79. The highest BCUT2D eigenvalue weighted by molar-refractivity contribution is 7.95. The largest absolute Gasteiger partial charge is 0.287 e. The van der Waals surface area contributed by atoms with E-state index in [1.807, 2.05) is 0 Å². The summed E-state index contributed by atoms with van der Waals surface area (Å²) < 4.78 is 36.3. The Hall–Kier alpha value is -3.40. The minimum absolute atomic E-state index is 0.00349.